The number of nitrogens with one attached hydrogen (secondary N) is 3. The Bertz CT molecular complexity index is 853. The number of amides is 2. The standard InChI is InChI=1S/C16H13ClF3N5O2.C2H6/c17-11-3-1-10(2-4-11)15(5-6-15)23-14-21-7-9(8-22-14)12(26)24-25-13(27)16(18,19)20;1-2/h1-4,7-8H,5-6H2,(H,24,26)(H,25,27)(H,21,22,23);1-2H3. The summed E-state index contributed by atoms with van der Waals surface area (Å²) in [5.74, 6) is -3.00. The average molecular weight is 430 g/mol. The van der Waals surface area contributed by atoms with Gasteiger partial charge in [0.25, 0.3) is 5.91 Å². The monoisotopic (exact) mass is 429 g/mol. The minimum atomic E-state index is -5.10. The van der Waals surface area contributed by atoms with Crippen molar-refractivity contribution >= 4 is 29.4 Å². The molecule has 0 aliphatic heterocycles. The summed E-state index contributed by atoms with van der Waals surface area (Å²) in [6, 6.07) is 7.35. The van der Waals surface area contributed by atoms with Gasteiger partial charge in [0.1, 0.15) is 0 Å². The Balaban J connectivity index is 0.00000145. The number of aromatic nitrogens is 2. The molecule has 29 heavy (non-hydrogen) atoms. The molecule has 1 aromatic carbocycles. The molecule has 2 aromatic rings. The van der Waals surface area contributed by atoms with Crippen LogP contribution >= 0.6 is 11.6 Å². The Morgan fingerprint density at radius 3 is 2.07 bits per heavy atom. The average Bonchev–Trinajstić information content (AvgIpc) is 3.48. The lowest BCUT2D eigenvalue weighted by molar-refractivity contribution is -0.174. The first-order valence-electron chi connectivity index (χ1n) is 8.73. The second-order valence-electron chi connectivity index (χ2n) is 5.92. The van der Waals surface area contributed by atoms with E-state index in [4.69, 9.17) is 11.6 Å². The number of rotatable bonds is 4. The summed E-state index contributed by atoms with van der Waals surface area (Å²) < 4.78 is 36.2. The fraction of sp³-hybridized carbons (Fsp3) is 0.333. The van der Waals surface area contributed by atoms with Gasteiger partial charge in [-0.25, -0.2) is 9.97 Å². The minimum absolute atomic E-state index is 0.112. The van der Waals surface area contributed by atoms with Crippen LogP contribution in [-0.4, -0.2) is 28.0 Å². The lowest BCUT2D eigenvalue weighted by atomic mass is 10.1. The Hall–Kier alpha value is -2.88. The first kappa shape index (κ1) is 22.4. The van der Waals surface area contributed by atoms with Gasteiger partial charge in [-0.2, -0.15) is 13.2 Å². The highest BCUT2D eigenvalue weighted by atomic mass is 35.5. The molecule has 1 heterocycles. The Labute approximate surface area is 170 Å². The number of hydrogen-bond acceptors (Lipinski definition) is 5. The topological polar surface area (TPSA) is 96.0 Å². The Kier molecular flexibility index (Phi) is 7.02. The fourth-order valence-corrected chi connectivity index (χ4v) is 2.49. The summed E-state index contributed by atoms with van der Waals surface area (Å²) in [6.45, 7) is 4.00. The third-order valence-corrected chi connectivity index (χ3v) is 4.21. The highest BCUT2D eigenvalue weighted by Gasteiger charge is 2.45. The third-order valence-electron chi connectivity index (χ3n) is 3.96. The SMILES string of the molecule is CC.O=C(NNC(=O)C(F)(F)F)c1cnc(NC2(c3ccc(Cl)cc3)CC2)nc1. The molecule has 0 atom stereocenters. The van der Waals surface area contributed by atoms with Gasteiger partial charge in [-0.15, -0.1) is 0 Å². The molecule has 0 spiro atoms. The van der Waals surface area contributed by atoms with E-state index in [9.17, 15) is 22.8 Å². The maximum atomic E-state index is 12.1. The van der Waals surface area contributed by atoms with Crippen molar-refractivity contribution in [1.82, 2.24) is 20.8 Å². The summed E-state index contributed by atoms with van der Waals surface area (Å²) in [5.41, 5.74) is 3.51. The summed E-state index contributed by atoms with van der Waals surface area (Å²) in [4.78, 5) is 30.4. The zero-order chi connectivity index (χ0) is 21.7. The number of alkyl halides is 3. The number of hydrazine groups is 1. The summed E-state index contributed by atoms with van der Waals surface area (Å²) in [7, 11) is 0. The van der Waals surface area contributed by atoms with E-state index in [2.05, 4.69) is 15.3 Å². The van der Waals surface area contributed by atoms with Crippen LogP contribution < -0.4 is 16.2 Å². The van der Waals surface area contributed by atoms with Gasteiger partial charge in [0.15, 0.2) is 0 Å². The largest absolute Gasteiger partial charge is 0.472 e. The van der Waals surface area contributed by atoms with E-state index < -0.39 is 18.0 Å². The molecule has 0 saturated heterocycles. The molecule has 0 unspecified atom stereocenters. The molecule has 1 aliphatic carbocycles. The number of anilines is 1. The lowest BCUT2D eigenvalue weighted by Crippen LogP contribution is -2.47. The predicted molar refractivity (Wildman–Crippen MR) is 101 cm³/mol. The summed E-state index contributed by atoms with van der Waals surface area (Å²) >= 11 is 5.89. The molecule has 0 radical (unpaired) electrons. The summed E-state index contributed by atoms with van der Waals surface area (Å²) in [5, 5.41) is 3.81. The van der Waals surface area contributed by atoms with Crippen LogP contribution in [0.25, 0.3) is 0 Å². The van der Waals surface area contributed by atoms with Crippen LogP contribution in [0, 0.1) is 0 Å². The Morgan fingerprint density at radius 1 is 1.03 bits per heavy atom. The van der Waals surface area contributed by atoms with E-state index in [-0.39, 0.29) is 17.1 Å². The van der Waals surface area contributed by atoms with E-state index in [1.165, 1.54) is 5.43 Å². The maximum absolute atomic E-state index is 12.1. The van der Waals surface area contributed by atoms with Crippen LogP contribution in [0.1, 0.15) is 42.6 Å². The first-order chi connectivity index (χ1) is 13.7. The van der Waals surface area contributed by atoms with Gasteiger partial charge in [0, 0.05) is 17.4 Å². The molecule has 1 aromatic heterocycles. The molecular formula is C18H19ClF3N5O2. The molecule has 1 aliphatic rings. The van der Waals surface area contributed by atoms with Gasteiger partial charge in [0.2, 0.25) is 5.95 Å². The number of hydrogen-bond donors (Lipinski definition) is 3. The van der Waals surface area contributed by atoms with E-state index in [0.717, 1.165) is 30.8 Å². The zero-order valence-electron chi connectivity index (χ0n) is 15.6. The van der Waals surface area contributed by atoms with Gasteiger partial charge >= 0.3 is 12.1 Å². The van der Waals surface area contributed by atoms with Crippen LogP contribution in [0.4, 0.5) is 19.1 Å². The third kappa shape index (κ3) is 5.80. The molecule has 7 nitrogen and oxygen atoms in total. The van der Waals surface area contributed by atoms with E-state index in [0.29, 0.717) is 5.02 Å². The maximum Gasteiger partial charge on any atom is 0.472 e. The van der Waals surface area contributed by atoms with Crippen molar-refractivity contribution in [1.29, 1.82) is 0 Å². The molecule has 11 heteroatoms. The van der Waals surface area contributed by atoms with Crippen LogP contribution in [0.5, 0.6) is 0 Å². The van der Waals surface area contributed by atoms with Crippen LogP contribution in [0.3, 0.4) is 0 Å². The van der Waals surface area contributed by atoms with Crippen LogP contribution in [0.2, 0.25) is 5.02 Å². The number of carbonyl (C=O) groups is 2. The van der Waals surface area contributed by atoms with E-state index >= 15 is 0 Å². The molecule has 1 saturated carbocycles. The molecule has 0 bridgehead atoms. The lowest BCUT2D eigenvalue weighted by Gasteiger charge is -2.18. The second kappa shape index (κ2) is 9.08. The number of halogens is 4. The van der Waals surface area contributed by atoms with Crippen molar-refractivity contribution in [2.45, 2.75) is 38.4 Å². The van der Waals surface area contributed by atoms with Crippen molar-refractivity contribution < 1.29 is 22.8 Å². The first-order valence-corrected chi connectivity index (χ1v) is 9.11. The minimum Gasteiger partial charge on any atom is -0.345 e. The number of nitrogens with zero attached hydrogens (tertiary/aromatic N) is 2. The van der Waals surface area contributed by atoms with E-state index in [1.807, 2.05) is 26.0 Å². The van der Waals surface area contributed by atoms with Gasteiger partial charge in [-0.05, 0) is 30.5 Å². The Morgan fingerprint density at radius 2 is 1.59 bits per heavy atom. The van der Waals surface area contributed by atoms with Gasteiger partial charge < -0.3 is 5.32 Å². The zero-order valence-corrected chi connectivity index (χ0v) is 16.4. The van der Waals surface area contributed by atoms with Gasteiger partial charge in [0.05, 0.1) is 11.1 Å². The number of carbonyl (C=O) groups excluding carboxylic acids is 2. The number of benzene rings is 1. The normalized spacial score (nSPS) is 14.1. The van der Waals surface area contributed by atoms with Crippen molar-refractivity contribution in [2.75, 3.05) is 5.32 Å². The smallest absolute Gasteiger partial charge is 0.345 e. The van der Waals surface area contributed by atoms with Gasteiger partial charge in [-0.1, -0.05) is 37.6 Å². The quantitative estimate of drug-likeness (QED) is 0.645. The van der Waals surface area contributed by atoms with Crippen LogP contribution in [-0.2, 0) is 10.3 Å². The molecule has 2 amide bonds. The predicted octanol–water partition coefficient (Wildman–Crippen LogP) is 3.58. The molecule has 3 N–H and O–H groups in total. The molecule has 3 rings (SSSR count). The highest BCUT2D eigenvalue weighted by molar-refractivity contribution is 6.30. The van der Waals surface area contributed by atoms with Crippen LogP contribution in [0.15, 0.2) is 36.7 Å². The van der Waals surface area contributed by atoms with E-state index in [1.54, 1.807) is 17.6 Å². The molecule has 156 valence electrons. The highest BCUT2D eigenvalue weighted by Crippen LogP contribution is 2.47. The second-order valence-corrected chi connectivity index (χ2v) is 6.35. The molecular weight excluding hydrogens is 411 g/mol. The van der Waals surface area contributed by atoms with Crippen molar-refractivity contribution in [3.8, 4) is 0 Å². The van der Waals surface area contributed by atoms with Crippen molar-refractivity contribution in [3.63, 3.8) is 0 Å². The van der Waals surface area contributed by atoms with Gasteiger partial charge in [-0.3, -0.25) is 20.4 Å². The summed E-state index contributed by atoms with van der Waals surface area (Å²) in [6.07, 6.45) is -1.09. The van der Waals surface area contributed by atoms with Crippen molar-refractivity contribution in [3.05, 3.63) is 52.8 Å². The molecule has 1 fully saturated rings. The van der Waals surface area contributed by atoms with Crippen molar-refractivity contribution in [2.24, 2.45) is 0 Å². The fourth-order valence-electron chi connectivity index (χ4n) is 2.36.